The molecule has 28 heavy (non-hydrogen) atoms. The Morgan fingerprint density at radius 2 is 1.54 bits per heavy atom. The van der Waals surface area contributed by atoms with Gasteiger partial charge in [0.25, 0.3) is 11.8 Å². The molecule has 3 aromatic rings. The van der Waals surface area contributed by atoms with Gasteiger partial charge in [-0.05, 0) is 48.9 Å². The second-order valence-electron chi connectivity index (χ2n) is 6.00. The third-order valence-corrected chi connectivity index (χ3v) is 4.27. The molecule has 0 atom stereocenters. The Kier molecular flexibility index (Phi) is 5.91. The number of ether oxygens (including phenoxy) is 1. The fraction of sp³-hybridized carbons (Fsp3) is 0.0952. The summed E-state index contributed by atoms with van der Waals surface area (Å²) in [6, 6.07) is 17.0. The largest absolute Gasteiger partial charge is 0.495 e. The number of nitrogens with one attached hydrogen (secondary N) is 2. The maximum Gasteiger partial charge on any atom is 0.274 e. The lowest BCUT2D eigenvalue weighted by Crippen LogP contribution is -2.19. The fourth-order valence-electron chi connectivity index (χ4n) is 2.54. The number of rotatable bonds is 5. The molecule has 0 spiro atoms. The van der Waals surface area contributed by atoms with Gasteiger partial charge in [-0.3, -0.25) is 9.59 Å². The van der Waals surface area contributed by atoms with E-state index in [1.807, 2.05) is 13.0 Å². The number of amides is 2. The van der Waals surface area contributed by atoms with Crippen LogP contribution < -0.4 is 15.4 Å². The summed E-state index contributed by atoms with van der Waals surface area (Å²) in [5.41, 5.74) is 2.17. The average Bonchev–Trinajstić information content (AvgIpc) is 2.70. The molecular weight excluding hydrogens is 378 g/mol. The highest BCUT2D eigenvalue weighted by Gasteiger charge is 2.15. The Bertz CT molecular complexity index is 1040. The lowest BCUT2D eigenvalue weighted by Gasteiger charge is -2.11. The molecule has 0 aliphatic carbocycles. The van der Waals surface area contributed by atoms with E-state index in [9.17, 15) is 9.59 Å². The molecule has 6 nitrogen and oxygen atoms in total. The summed E-state index contributed by atoms with van der Waals surface area (Å²) in [5, 5.41) is 5.86. The number of methoxy groups -OCH3 is 1. The van der Waals surface area contributed by atoms with Crippen LogP contribution in [0.5, 0.6) is 5.75 Å². The zero-order valence-electron chi connectivity index (χ0n) is 15.3. The van der Waals surface area contributed by atoms with Gasteiger partial charge < -0.3 is 15.4 Å². The van der Waals surface area contributed by atoms with E-state index in [0.29, 0.717) is 22.1 Å². The van der Waals surface area contributed by atoms with Crippen LogP contribution in [-0.2, 0) is 0 Å². The monoisotopic (exact) mass is 395 g/mol. The molecule has 0 unspecified atom stereocenters. The van der Waals surface area contributed by atoms with Gasteiger partial charge in [0.2, 0.25) is 0 Å². The van der Waals surface area contributed by atoms with Crippen LogP contribution in [0, 0.1) is 6.92 Å². The fourth-order valence-corrected chi connectivity index (χ4v) is 2.73. The number of aromatic nitrogens is 1. The third-order valence-electron chi connectivity index (χ3n) is 3.94. The minimum absolute atomic E-state index is 0.101. The van der Waals surface area contributed by atoms with E-state index < -0.39 is 11.8 Å². The highest BCUT2D eigenvalue weighted by Crippen LogP contribution is 2.25. The van der Waals surface area contributed by atoms with Crippen molar-refractivity contribution < 1.29 is 14.3 Å². The van der Waals surface area contributed by atoms with E-state index in [1.54, 1.807) is 42.5 Å². The van der Waals surface area contributed by atoms with E-state index in [4.69, 9.17) is 16.3 Å². The van der Waals surface area contributed by atoms with Crippen LogP contribution in [-0.4, -0.2) is 23.9 Å². The van der Waals surface area contributed by atoms with Gasteiger partial charge in [0.05, 0.1) is 23.5 Å². The van der Waals surface area contributed by atoms with Crippen molar-refractivity contribution in [2.24, 2.45) is 0 Å². The van der Waals surface area contributed by atoms with E-state index >= 15 is 0 Å². The standard InChI is InChI=1S/C21H18ClN3O3/c1-13-10-11-19(28-2)18(12-13)25-21(27)17-9-5-8-16(23-17)20(26)24-15-7-4-3-6-14(15)22/h3-12H,1-2H3,(H,24,26)(H,25,27). The molecule has 7 heteroatoms. The van der Waals surface area contributed by atoms with Crippen LogP contribution in [0.1, 0.15) is 26.5 Å². The molecule has 2 N–H and O–H groups in total. The Morgan fingerprint density at radius 1 is 0.893 bits per heavy atom. The summed E-state index contributed by atoms with van der Waals surface area (Å²) >= 11 is 6.06. The lowest BCUT2D eigenvalue weighted by molar-refractivity contribution is 0.101. The molecule has 0 fully saturated rings. The number of carbonyl (C=O) groups is 2. The molecule has 0 radical (unpaired) electrons. The predicted molar refractivity (Wildman–Crippen MR) is 109 cm³/mol. The summed E-state index contributed by atoms with van der Waals surface area (Å²) in [5.74, 6) is -0.376. The van der Waals surface area contributed by atoms with Gasteiger partial charge in [0, 0.05) is 0 Å². The number of hydrogen-bond acceptors (Lipinski definition) is 4. The number of aryl methyl sites for hydroxylation is 1. The van der Waals surface area contributed by atoms with Crippen molar-refractivity contribution >= 4 is 34.8 Å². The molecule has 3 rings (SSSR count). The van der Waals surface area contributed by atoms with E-state index in [1.165, 1.54) is 19.2 Å². The van der Waals surface area contributed by atoms with Crippen LogP contribution in [0.3, 0.4) is 0 Å². The molecule has 142 valence electrons. The van der Waals surface area contributed by atoms with Crippen LogP contribution >= 0.6 is 11.6 Å². The van der Waals surface area contributed by atoms with Gasteiger partial charge in [-0.2, -0.15) is 0 Å². The van der Waals surface area contributed by atoms with Gasteiger partial charge >= 0.3 is 0 Å². The van der Waals surface area contributed by atoms with Gasteiger partial charge in [0.15, 0.2) is 0 Å². The summed E-state index contributed by atoms with van der Waals surface area (Å²) in [6.07, 6.45) is 0. The van der Waals surface area contributed by atoms with Crippen molar-refractivity contribution in [2.75, 3.05) is 17.7 Å². The van der Waals surface area contributed by atoms with E-state index in [0.717, 1.165) is 5.56 Å². The molecule has 0 saturated heterocycles. The topological polar surface area (TPSA) is 80.3 Å². The van der Waals surface area contributed by atoms with Crippen molar-refractivity contribution in [3.05, 3.63) is 82.6 Å². The van der Waals surface area contributed by atoms with Gasteiger partial charge in [0.1, 0.15) is 17.1 Å². The molecule has 0 aliphatic heterocycles. The maximum absolute atomic E-state index is 12.6. The smallest absolute Gasteiger partial charge is 0.274 e. The number of hydrogen-bond donors (Lipinski definition) is 2. The number of para-hydroxylation sites is 1. The molecule has 2 aromatic carbocycles. The molecular formula is C21H18ClN3O3. The molecule has 1 heterocycles. The second-order valence-corrected chi connectivity index (χ2v) is 6.41. The van der Waals surface area contributed by atoms with Gasteiger partial charge in [-0.15, -0.1) is 0 Å². The molecule has 2 amide bonds. The minimum Gasteiger partial charge on any atom is -0.495 e. The van der Waals surface area contributed by atoms with Crippen LogP contribution in [0.25, 0.3) is 0 Å². The summed E-state index contributed by atoms with van der Waals surface area (Å²) in [6.45, 7) is 1.91. The lowest BCUT2D eigenvalue weighted by atomic mass is 10.2. The quantitative estimate of drug-likeness (QED) is 0.663. The second kappa shape index (κ2) is 8.54. The average molecular weight is 396 g/mol. The van der Waals surface area contributed by atoms with Crippen molar-refractivity contribution in [1.29, 1.82) is 0 Å². The molecule has 1 aromatic heterocycles. The van der Waals surface area contributed by atoms with Crippen molar-refractivity contribution in [1.82, 2.24) is 4.98 Å². The minimum atomic E-state index is -0.462. The molecule has 0 bridgehead atoms. The Labute approximate surface area is 167 Å². The molecule has 0 aliphatic rings. The van der Waals surface area contributed by atoms with Crippen molar-refractivity contribution in [2.45, 2.75) is 6.92 Å². The van der Waals surface area contributed by atoms with E-state index in [2.05, 4.69) is 15.6 Å². The summed E-state index contributed by atoms with van der Waals surface area (Å²) in [4.78, 5) is 29.2. The first kappa shape index (κ1) is 19.4. The predicted octanol–water partition coefficient (Wildman–Crippen LogP) is 4.56. The maximum atomic E-state index is 12.6. The highest BCUT2D eigenvalue weighted by atomic mass is 35.5. The number of carbonyl (C=O) groups excluding carboxylic acids is 2. The van der Waals surface area contributed by atoms with Crippen LogP contribution in [0.2, 0.25) is 5.02 Å². The summed E-state index contributed by atoms with van der Waals surface area (Å²) < 4.78 is 5.26. The highest BCUT2D eigenvalue weighted by molar-refractivity contribution is 6.33. The number of anilines is 2. The zero-order chi connectivity index (χ0) is 20.1. The number of benzene rings is 2. The number of halogens is 1. The first-order valence-corrected chi connectivity index (χ1v) is 8.84. The number of pyridine rings is 1. The Morgan fingerprint density at radius 3 is 2.18 bits per heavy atom. The van der Waals surface area contributed by atoms with Gasteiger partial charge in [-0.1, -0.05) is 35.9 Å². The Hall–Kier alpha value is -3.38. The third kappa shape index (κ3) is 4.47. The Balaban J connectivity index is 1.79. The summed E-state index contributed by atoms with van der Waals surface area (Å²) in [7, 11) is 1.53. The van der Waals surface area contributed by atoms with E-state index in [-0.39, 0.29) is 11.4 Å². The van der Waals surface area contributed by atoms with Crippen LogP contribution in [0.4, 0.5) is 11.4 Å². The van der Waals surface area contributed by atoms with Crippen LogP contribution in [0.15, 0.2) is 60.7 Å². The molecule has 0 saturated carbocycles. The van der Waals surface area contributed by atoms with Crippen molar-refractivity contribution in [3.8, 4) is 5.75 Å². The number of nitrogens with zero attached hydrogens (tertiary/aromatic N) is 1. The first-order valence-electron chi connectivity index (χ1n) is 8.47. The SMILES string of the molecule is COc1ccc(C)cc1NC(=O)c1cccc(C(=O)Nc2ccccc2Cl)n1. The zero-order valence-corrected chi connectivity index (χ0v) is 16.1. The van der Waals surface area contributed by atoms with Crippen molar-refractivity contribution in [3.63, 3.8) is 0 Å². The first-order chi connectivity index (χ1) is 13.5. The normalized spacial score (nSPS) is 10.2. The van der Waals surface area contributed by atoms with Gasteiger partial charge in [-0.25, -0.2) is 4.98 Å².